The van der Waals surface area contributed by atoms with E-state index in [9.17, 15) is 0 Å². The average Bonchev–Trinajstić information content (AvgIpc) is 2.66. The summed E-state index contributed by atoms with van der Waals surface area (Å²) in [6, 6.07) is 1.87. The van der Waals surface area contributed by atoms with Gasteiger partial charge >= 0.3 is 0 Å². The molecule has 0 aliphatic rings. The molecule has 0 spiro atoms. The van der Waals surface area contributed by atoms with Gasteiger partial charge in [-0.2, -0.15) is 0 Å². The summed E-state index contributed by atoms with van der Waals surface area (Å²) in [5.74, 6) is 0. The Morgan fingerprint density at radius 3 is 2.81 bits per heavy atom. The molecule has 0 atom stereocenters. The van der Waals surface area contributed by atoms with Gasteiger partial charge in [-0.25, -0.2) is 9.97 Å². The van der Waals surface area contributed by atoms with Crippen LogP contribution in [0.4, 0.5) is 5.69 Å². The monoisotopic (exact) mass is 337 g/mol. The minimum Gasteiger partial charge on any atom is -0.376 e. The molecule has 0 saturated heterocycles. The Kier molecular flexibility index (Phi) is 4.02. The van der Waals surface area contributed by atoms with Crippen LogP contribution in [0, 0.1) is 0 Å². The van der Waals surface area contributed by atoms with Crippen molar-refractivity contribution in [1.29, 1.82) is 0 Å². The van der Waals surface area contributed by atoms with Crippen LogP contribution < -0.4 is 5.32 Å². The maximum Gasteiger partial charge on any atom is 0.152 e. The van der Waals surface area contributed by atoms with Crippen molar-refractivity contribution in [2.24, 2.45) is 0 Å². The normalized spacial score (nSPS) is 10.4. The van der Waals surface area contributed by atoms with E-state index in [0.29, 0.717) is 16.0 Å². The van der Waals surface area contributed by atoms with Crippen molar-refractivity contribution in [2.75, 3.05) is 5.32 Å². The van der Waals surface area contributed by atoms with E-state index in [-0.39, 0.29) is 0 Å². The largest absolute Gasteiger partial charge is 0.376 e. The number of nitrogens with zero attached hydrogens (tertiary/aromatic N) is 2. The van der Waals surface area contributed by atoms with Gasteiger partial charge in [0, 0.05) is 10.7 Å². The zero-order valence-electron chi connectivity index (χ0n) is 7.88. The van der Waals surface area contributed by atoms with Gasteiger partial charge in [-0.3, -0.25) is 0 Å². The molecule has 7 heteroatoms. The van der Waals surface area contributed by atoms with Crippen LogP contribution >= 0.6 is 50.5 Å². The molecule has 0 saturated carbocycles. The first-order valence-electron chi connectivity index (χ1n) is 4.30. The van der Waals surface area contributed by atoms with Gasteiger partial charge in [-0.05, 0) is 22.0 Å². The second kappa shape index (κ2) is 5.31. The van der Waals surface area contributed by atoms with Gasteiger partial charge in [-0.15, -0.1) is 11.3 Å². The van der Waals surface area contributed by atoms with Crippen molar-refractivity contribution < 1.29 is 0 Å². The van der Waals surface area contributed by atoms with Crippen LogP contribution in [0.5, 0.6) is 0 Å². The maximum atomic E-state index is 5.93. The lowest BCUT2D eigenvalue weighted by atomic mass is 10.4. The summed E-state index contributed by atoms with van der Waals surface area (Å²) in [6.07, 6.45) is 3.28. The molecule has 0 aliphatic carbocycles. The van der Waals surface area contributed by atoms with E-state index in [1.807, 2.05) is 6.07 Å². The third-order valence-corrected chi connectivity index (χ3v) is 3.61. The Bertz CT molecular complexity index is 503. The molecule has 84 valence electrons. The number of anilines is 1. The maximum absolute atomic E-state index is 5.93. The SMILES string of the molecule is Clc1cnc(CNc2cc(Br)cnc2Cl)s1. The first kappa shape index (κ1) is 12.1. The van der Waals surface area contributed by atoms with E-state index >= 15 is 0 Å². The van der Waals surface area contributed by atoms with Gasteiger partial charge in [-0.1, -0.05) is 23.2 Å². The highest BCUT2D eigenvalue weighted by atomic mass is 79.9. The van der Waals surface area contributed by atoms with Crippen molar-refractivity contribution in [1.82, 2.24) is 9.97 Å². The summed E-state index contributed by atoms with van der Waals surface area (Å²) >= 11 is 16.5. The molecule has 2 heterocycles. The molecule has 2 rings (SSSR count). The fourth-order valence-electron chi connectivity index (χ4n) is 1.09. The number of rotatable bonds is 3. The molecular formula is C9H6BrCl2N3S. The second-order valence-corrected chi connectivity index (χ2v) is 5.92. The predicted octanol–water partition coefficient (Wildman–Crippen LogP) is 4.22. The number of thiazole rings is 1. The van der Waals surface area contributed by atoms with Crippen LogP contribution in [-0.2, 0) is 6.54 Å². The molecule has 3 nitrogen and oxygen atoms in total. The van der Waals surface area contributed by atoms with E-state index in [2.05, 4.69) is 31.2 Å². The van der Waals surface area contributed by atoms with Gasteiger partial charge in [0.2, 0.25) is 0 Å². The van der Waals surface area contributed by atoms with Crippen LogP contribution in [0.15, 0.2) is 22.9 Å². The van der Waals surface area contributed by atoms with Crippen molar-refractivity contribution >= 4 is 56.2 Å². The highest BCUT2D eigenvalue weighted by Crippen LogP contribution is 2.24. The van der Waals surface area contributed by atoms with Crippen LogP contribution in [0.2, 0.25) is 9.49 Å². The summed E-state index contributed by atoms with van der Waals surface area (Å²) in [4.78, 5) is 8.14. The van der Waals surface area contributed by atoms with E-state index in [0.717, 1.165) is 15.2 Å². The third kappa shape index (κ3) is 3.07. The number of nitrogens with one attached hydrogen (secondary N) is 1. The number of hydrogen-bond donors (Lipinski definition) is 1. The molecule has 0 aromatic carbocycles. The van der Waals surface area contributed by atoms with Crippen LogP contribution in [0.25, 0.3) is 0 Å². The Hall–Kier alpha value is -0.360. The van der Waals surface area contributed by atoms with Crippen LogP contribution in [0.3, 0.4) is 0 Å². The number of halogens is 3. The van der Waals surface area contributed by atoms with Gasteiger partial charge in [0.05, 0.1) is 18.4 Å². The zero-order chi connectivity index (χ0) is 11.5. The number of pyridine rings is 1. The molecule has 0 fully saturated rings. The molecule has 1 N–H and O–H groups in total. The minimum absolute atomic E-state index is 0.436. The van der Waals surface area contributed by atoms with Gasteiger partial charge in [0.15, 0.2) is 5.15 Å². The van der Waals surface area contributed by atoms with E-state index in [4.69, 9.17) is 23.2 Å². The molecule has 0 radical (unpaired) electrons. The van der Waals surface area contributed by atoms with E-state index in [1.165, 1.54) is 11.3 Å². The van der Waals surface area contributed by atoms with Crippen molar-refractivity contribution in [2.45, 2.75) is 6.54 Å². The quantitative estimate of drug-likeness (QED) is 0.851. The molecule has 0 unspecified atom stereocenters. The van der Waals surface area contributed by atoms with Crippen molar-refractivity contribution in [3.8, 4) is 0 Å². The number of aromatic nitrogens is 2. The first-order valence-corrected chi connectivity index (χ1v) is 6.67. The third-order valence-electron chi connectivity index (χ3n) is 1.76. The Morgan fingerprint density at radius 1 is 1.31 bits per heavy atom. The fraction of sp³-hybridized carbons (Fsp3) is 0.111. The summed E-state index contributed by atoms with van der Waals surface area (Å²) < 4.78 is 1.55. The van der Waals surface area contributed by atoms with Crippen LogP contribution in [-0.4, -0.2) is 9.97 Å². The first-order chi connectivity index (χ1) is 7.65. The Morgan fingerprint density at radius 2 is 2.12 bits per heavy atom. The average molecular weight is 339 g/mol. The molecular weight excluding hydrogens is 333 g/mol. The lowest BCUT2D eigenvalue weighted by Gasteiger charge is -2.05. The summed E-state index contributed by atoms with van der Waals surface area (Å²) in [5.41, 5.74) is 0.766. The molecule has 2 aromatic rings. The Labute approximate surface area is 115 Å². The van der Waals surface area contributed by atoms with Gasteiger partial charge < -0.3 is 5.32 Å². The molecule has 16 heavy (non-hydrogen) atoms. The summed E-state index contributed by atoms with van der Waals surface area (Å²) in [5, 5.41) is 4.49. The lowest BCUT2D eigenvalue weighted by molar-refractivity contribution is 1.10. The highest BCUT2D eigenvalue weighted by Gasteiger charge is 2.04. The predicted molar refractivity (Wildman–Crippen MR) is 71.4 cm³/mol. The van der Waals surface area contributed by atoms with Crippen LogP contribution in [0.1, 0.15) is 5.01 Å². The zero-order valence-corrected chi connectivity index (χ0v) is 11.8. The second-order valence-electron chi connectivity index (χ2n) is 2.90. The summed E-state index contributed by atoms with van der Waals surface area (Å²) in [6.45, 7) is 0.579. The topological polar surface area (TPSA) is 37.8 Å². The van der Waals surface area contributed by atoms with Gasteiger partial charge in [0.25, 0.3) is 0 Å². The molecule has 2 aromatic heterocycles. The van der Waals surface area contributed by atoms with Crippen molar-refractivity contribution in [3.05, 3.63) is 37.4 Å². The smallest absolute Gasteiger partial charge is 0.152 e. The summed E-state index contributed by atoms with van der Waals surface area (Å²) in [7, 11) is 0. The van der Waals surface area contributed by atoms with Gasteiger partial charge in [0.1, 0.15) is 9.34 Å². The lowest BCUT2D eigenvalue weighted by Crippen LogP contribution is -2.00. The molecule has 0 bridgehead atoms. The Balaban J connectivity index is 2.07. The fourth-order valence-corrected chi connectivity index (χ4v) is 2.48. The molecule has 0 amide bonds. The van der Waals surface area contributed by atoms with Crippen molar-refractivity contribution in [3.63, 3.8) is 0 Å². The standard InChI is InChI=1S/C9H6BrCl2N3S/c10-5-1-6(9(12)15-2-5)13-4-8-14-3-7(11)16-8/h1-3,13H,4H2. The minimum atomic E-state index is 0.436. The van der Waals surface area contributed by atoms with E-state index in [1.54, 1.807) is 12.4 Å². The highest BCUT2D eigenvalue weighted by molar-refractivity contribution is 9.10. The number of hydrogen-bond acceptors (Lipinski definition) is 4. The molecule has 0 aliphatic heterocycles. The van der Waals surface area contributed by atoms with E-state index < -0.39 is 0 Å².